The number of rotatable bonds is 8. The van der Waals surface area contributed by atoms with Crippen LogP contribution in [-0.4, -0.2) is 39.9 Å². The van der Waals surface area contributed by atoms with E-state index in [0.29, 0.717) is 13.1 Å². The zero-order chi connectivity index (χ0) is 19.1. The maximum absolute atomic E-state index is 12.8. The molecular formula is C20H29N3O3. The molecule has 2 heterocycles. The lowest BCUT2D eigenvalue weighted by Gasteiger charge is -2.51. The summed E-state index contributed by atoms with van der Waals surface area (Å²) in [5.74, 6) is -1.18. The van der Waals surface area contributed by atoms with E-state index in [0.717, 1.165) is 31.2 Å². The highest BCUT2D eigenvalue weighted by Crippen LogP contribution is 2.29. The Balaban J connectivity index is 2.24. The van der Waals surface area contributed by atoms with Crippen molar-refractivity contribution in [3.05, 3.63) is 42.4 Å². The second-order valence-corrected chi connectivity index (χ2v) is 6.62. The maximum Gasteiger partial charge on any atom is 0.299 e. The fourth-order valence-electron chi connectivity index (χ4n) is 2.83. The monoisotopic (exact) mass is 359 g/mol. The van der Waals surface area contributed by atoms with Crippen LogP contribution in [0.4, 0.5) is 4.79 Å². The summed E-state index contributed by atoms with van der Waals surface area (Å²) in [6.45, 7) is 4.85. The van der Waals surface area contributed by atoms with Crippen molar-refractivity contribution in [2.24, 2.45) is 13.0 Å². The number of pyridine rings is 1. The van der Waals surface area contributed by atoms with E-state index in [1.54, 1.807) is 6.08 Å². The number of aromatic nitrogens is 1. The summed E-state index contributed by atoms with van der Waals surface area (Å²) in [7, 11) is 1.93. The summed E-state index contributed by atoms with van der Waals surface area (Å²) in [5, 5.41) is 10.6. The van der Waals surface area contributed by atoms with Crippen molar-refractivity contribution in [1.82, 2.24) is 9.80 Å². The van der Waals surface area contributed by atoms with Crippen LogP contribution in [0, 0.1) is 12.1 Å². The average molecular weight is 359 g/mol. The first-order valence-corrected chi connectivity index (χ1v) is 9.31. The molecule has 0 spiro atoms. The number of carbonyl (C=O) groups is 2. The summed E-state index contributed by atoms with van der Waals surface area (Å²) in [6, 6.07) is 3.44. The topological polar surface area (TPSA) is 64.7 Å². The molecule has 0 aromatic carbocycles. The van der Waals surface area contributed by atoms with Crippen LogP contribution < -0.4 is 4.57 Å². The largest absolute Gasteiger partial charge is 0.541 e. The van der Waals surface area contributed by atoms with Crippen molar-refractivity contribution in [2.45, 2.75) is 39.5 Å². The summed E-state index contributed by atoms with van der Waals surface area (Å²) in [5.41, 5.74) is 0.931. The molecule has 1 aliphatic rings. The van der Waals surface area contributed by atoms with E-state index in [2.05, 4.69) is 0 Å². The summed E-state index contributed by atoms with van der Waals surface area (Å²) in [4.78, 5) is 28.1. The van der Waals surface area contributed by atoms with E-state index < -0.39 is 11.9 Å². The van der Waals surface area contributed by atoms with Crippen LogP contribution in [0.2, 0.25) is 0 Å². The molecule has 1 aliphatic heterocycles. The predicted molar refractivity (Wildman–Crippen MR) is 99.0 cm³/mol. The molecule has 1 saturated heterocycles. The van der Waals surface area contributed by atoms with Gasteiger partial charge in [-0.25, -0.2) is 4.57 Å². The first-order chi connectivity index (χ1) is 12.5. The van der Waals surface area contributed by atoms with Crippen LogP contribution in [0.5, 0.6) is 0 Å². The molecular weight excluding hydrogens is 330 g/mol. The van der Waals surface area contributed by atoms with Gasteiger partial charge in [0.2, 0.25) is 5.91 Å². The Morgan fingerprint density at radius 3 is 2.38 bits per heavy atom. The van der Waals surface area contributed by atoms with Gasteiger partial charge in [0.1, 0.15) is 7.05 Å². The molecule has 1 unspecified atom stereocenters. The second kappa shape index (κ2) is 9.48. The van der Waals surface area contributed by atoms with Crippen molar-refractivity contribution < 1.29 is 19.3 Å². The van der Waals surface area contributed by atoms with Crippen LogP contribution >= 0.6 is 0 Å². The van der Waals surface area contributed by atoms with Gasteiger partial charge in [-0.2, -0.15) is 0 Å². The third-order valence-electron chi connectivity index (χ3n) is 4.50. The molecule has 3 amide bonds. The van der Waals surface area contributed by atoms with Gasteiger partial charge in [-0.3, -0.25) is 14.5 Å². The van der Waals surface area contributed by atoms with E-state index in [1.165, 1.54) is 9.80 Å². The number of carbonyl (C=O) groups excluding carboxylic acids is 2. The van der Waals surface area contributed by atoms with Crippen LogP contribution in [-0.2, 0) is 11.8 Å². The van der Waals surface area contributed by atoms with E-state index in [9.17, 15) is 14.7 Å². The van der Waals surface area contributed by atoms with Crippen molar-refractivity contribution in [3.8, 4) is 0 Å². The number of hydrogen-bond donors (Lipinski definition) is 1. The Kier molecular flexibility index (Phi) is 7.33. The molecule has 1 N–H and O–H groups in total. The van der Waals surface area contributed by atoms with Gasteiger partial charge < -0.3 is 10.0 Å². The molecule has 1 fully saturated rings. The van der Waals surface area contributed by atoms with Gasteiger partial charge in [0.05, 0.1) is 0 Å². The molecule has 1 aromatic rings. The number of urea groups is 1. The Hall–Kier alpha value is -2.21. The maximum atomic E-state index is 12.8. The Morgan fingerprint density at radius 1 is 1.15 bits per heavy atom. The van der Waals surface area contributed by atoms with Crippen LogP contribution in [0.25, 0.3) is 6.08 Å². The zero-order valence-electron chi connectivity index (χ0n) is 15.9. The normalized spacial score (nSPS) is 19.0. The molecule has 1 aromatic heterocycles. The van der Waals surface area contributed by atoms with Crippen molar-refractivity contribution in [3.63, 3.8) is 0 Å². The number of aryl methyl sites for hydroxylation is 1. The summed E-state index contributed by atoms with van der Waals surface area (Å²) in [6.07, 6.45) is 10.5. The van der Waals surface area contributed by atoms with Gasteiger partial charge >= 0.3 is 0 Å². The molecule has 2 rings (SSSR count). The minimum atomic E-state index is -0.824. The Labute approximate surface area is 155 Å². The highest BCUT2D eigenvalue weighted by Gasteiger charge is 2.35. The van der Waals surface area contributed by atoms with E-state index in [4.69, 9.17) is 0 Å². The minimum Gasteiger partial charge on any atom is -0.541 e. The SMILES string of the molecule is CCCCN1C(=O)C(/C=C/c2cc[n+](C)cc2)[C-](O)N(CCCC)C1=O. The van der Waals surface area contributed by atoms with Gasteiger partial charge in [-0.1, -0.05) is 45.1 Å². The van der Waals surface area contributed by atoms with Gasteiger partial charge in [-0.15, -0.1) is 0 Å². The van der Waals surface area contributed by atoms with Crippen LogP contribution in [0.1, 0.15) is 45.1 Å². The van der Waals surface area contributed by atoms with Crippen molar-refractivity contribution in [1.29, 1.82) is 0 Å². The van der Waals surface area contributed by atoms with E-state index >= 15 is 0 Å². The highest BCUT2D eigenvalue weighted by molar-refractivity contribution is 6.00. The molecule has 6 nitrogen and oxygen atoms in total. The number of imide groups is 1. The first kappa shape index (κ1) is 20.1. The van der Waals surface area contributed by atoms with Gasteiger partial charge in [0.15, 0.2) is 12.4 Å². The van der Waals surface area contributed by atoms with E-state index in [-0.39, 0.29) is 12.1 Å². The quantitative estimate of drug-likeness (QED) is 0.573. The minimum absolute atomic E-state index is 0.168. The number of hydrogen-bond acceptors (Lipinski definition) is 3. The van der Waals surface area contributed by atoms with Crippen molar-refractivity contribution >= 4 is 18.0 Å². The average Bonchev–Trinajstić information content (AvgIpc) is 2.63. The fraction of sp³-hybridized carbons (Fsp3) is 0.500. The fourth-order valence-corrected chi connectivity index (χ4v) is 2.83. The Bertz CT molecular complexity index is 642. The van der Waals surface area contributed by atoms with Gasteiger partial charge in [0.25, 0.3) is 6.03 Å². The highest BCUT2D eigenvalue weighted by atomic mass is 16.3. The zero-order valence-corrected chi connectivity index (χ0v) is 15.9. The van der Waals surface area contributed by atoms with E-state index in [1.807, 2.05) is 56.1 Å². The third kappa shape index (κ3) is 4.69. The van der Waals surface area contributed by atoms with Crippen molar-refractivity contribution in [2.75, 3.05) is 13.1 Å². The van der Waals surface area contributed by atoms with Gasteiger partial charge in [0, 0.05) is 18.7 Å². The summed E-state index contributed by atoms with van der Waals surface area (Å²) >= 11 is 0. The number of amides is 3. The van der Waals surface area contributed by atoms with Gasteiger partial charge in [-0.05, 0) is 30.9 Å². The lowest BCUT2D eigenvalue weighted by Crippen LogP contribution is -2.58. The molecule has 0 saturated carbocycles. The number of nitrogens with zero attached hydrogens (tertiary/aromatic N) is 3. The molecule has 142 valence electrons. The smallest absolute Gasteiger partial charge is 0.299 e. The lowest BCUT2D eigenvalue weighted by molar-refractivity contribution is -0.671. The molecule has 6 heteroatoms. The molecule has 0 bridgehead atoms. The summed E-state index contributed by atoms with van der Waals surface area (Å²) < 4.78 is 1.92. The molecule has 0 radical (unpaired) electrons. The number of aliphatic hydroxyl groups is 1. The Morgan fingerprint density at radius 2 is 1.77 bits per heavy atom. The molecule has 0 aliphatic carbocycles. The second-order valence-electron chi connectivity index (χ2n) is 6.62. The lowest BCUT2D eigenvalue weighted by atomic mass is 9.99. The first-order valence-electron chi connectivity index (χ1n) is 9.31. The third-order valence-corrected chi connectivity index (χ3v) is 4.50. The number of aliphatic hydroxyl groups excluding tert-OH is 1. The van der Waals surface area contributed by atoms with Crippen LogP contribution in [0.3, 0.4) is 0 Å². The number of unbranched alkanes of at least 4 members (excludes halogenated alkanes) is 2. The van der Waals surface area contributed by atoms with Crippen LogP contribution in [0.15, 0.2) is 30.6 Å². The predicted octanol–water partition coefficient (Wildman–Crippen LogP) is 2.87. The standard InChI is InChI=1S/C20H29N3O3/c1-4-6-12-22-18(24)17(9-8-16-10-14-21(3)15-11-16)19(25)23(20(22)26)13-7-5-2/h8-11,14-15,17,24H,4-7,12-13H2,1-3H3/b9-8+. The molecule has 1 atom stereocenters. The molecule has 26 heavy (non-hydrogen) atoms.